The second-order valence-corrected chi connectivity index (χ2v) is 7.91. The van der Waals surface area contributed by atoms with E-state index in [1.807, 2.05) is 30.3 Å². The maximum atomic E-state index is 12.5. The summed E-state index contributed by atoms with van der Waals surface area (Å²) in [6.45, 7) is 0.0308. The summed E-state index contributed by atoms with van der Waals surface area (Å²) in [5.74, 6) is 0.103. The van der Waals surface area contributed by atoms with Crippen LogP contribution in [0.4, 0.5) is 0 Å². The van der Waals surface area contributed by atoms with Gasteiger partial charge in [-0.2, -0.15) is 0 Å². The van der Waals surface area contributed by atoms with E-state index in [9.17, 15) is 14.7 Å². The number of thioether (sulfide) groups is 1. The average Bonchev–Trinajstić information content (AvgIpc) is 3.29. The van der Waals surface area contributed by atoms with Crippen molar-refractivity contribution in [1.82, 2.24) is 10.2 Å². The van der Waals surface area contributed by atoms with E-state index in [-0.39, 0.29) is 37.4 Å². The number of rotatable bonds is 8. The normalized spacial score (nSPS) is 16.6. The molecule has 1 fully saturated rings. The van der Waals surface area contributed by atoms with Crippen molar-refractivity contribution in [3.05, 3.63) is 65.0 Å². The summed E-state index contributed by atoms with van der Waals surface area (Å²) in [5, 5.41) is 12.3. The molecule has 8 heteroatoms. The van der Waals surface area contributed by atoms with E-state index < -0.39 is 0 Å². The summed E-state index contributed by atoms with van der Waals surface area (Å²) >= 11 is 6.45. The molecule has 6 nitrogen and oxygen atoms in total. The van der Waals surface area contributed by atoms with Crippen molar-refractivity contribution in [2.75, 3.05) is 13.2 Å². The van der Waals surface area contributed by atoms with Crippen molar-refractivity contribution in [1.29, 1.82) is 0 Å². The molecule has 1 saturated heterocycles. The summed E-state index contributed by atoms with van der Waals surface area (Å²) in [7, 11) is 0. The molecule has 0 aliphatic carbocycles. The largest absolute Gasteiger partial charge is 0.465 e. The molecule has 0 unspecified atom stereocenters. The number of nitrogens with zero attached hydrogens (tertiary/aromatic N) is 1. The van der Waals surface area contributed by atoms with Gasteiger partial charge in [0.25, 0.3) is 5.91 Å². The number of aliphatic hydroxyl groups is 1. The van der Waals surface area contributed by atoms with Crippen molar-refractivity contribution in [3.63, 3.8) is 0 Å². The van der Waals surface area contributed by atoms with Crippen molar-refractivity contribution in [2.24, 2.45) is 0 Å². The van der Waals surface area contributed by atoms with Crippen LogP contribution in [0.15, 0.2) is 58.1 Å². The van der Waals surface area contributed by atoms with Gasteiger partial charge in [-0.15, -0.1) is 0 Å². The summed E-state index contributed by atoms with van der Waals surface area (Å²) in [6, 6.07) is 12.7. The molecule has 1 aromatic carbocycles. The number of hydrogen-bond acceptors (Lipinski definition) is 6. The molecular formula is C20H20N2O4S2. The predicted molar refractivity (Wildman–Crippen MR) is 112 cm³/mol. The second kappa shape index (κ2) is 9.68. The highest BCUT2D eigenvalue weighted by Gasteiger charge is 2.32. The van der Waals surface area contributed by atoms with E-state index in [0.717, 1.165) is 5.56 Å². The molecule has 28 heavy (non-hydrogen) atoms. The zero-order valence-electron chi connectivity index (χ0n) is 15.0. The smallest absolute Gasteiger partial charge is 0.266 e. The predicted octanol–water partition coefficient (Wildman–Crippen LogP) is 2.59. The van der Waals surface area contributed by atoms with Gasteiger partial charge >= 0.3 is 0 Å². The maximum absolute atomic E-state index is 12.5. The van der Waals surface area contributed by atoms with Crippen LogP contribution in [0.25, 0.3) is 6.08 Å². The van der Waals surface area contributed by atoms with Crippen LogP contribution in [0.3, 0.4) is 0 Å². The average molecular weight is 417 g/mol. The van der Waals surface area contributed by atoms with E-state index in [4.69, 9.17) is 16.6 Å². The molecule has 0 bridgehead atoms. The molecule has 2 amide bonds. The van der Waals surface area contributed by atoms with Gasteiger partial charge in [0.1, 0.15) is 10.1 Å². The third-order valence-electron chi connectivity index (χ3n) is 4.16. The maximum Gasteiger partial charge on any atom is 0.266 e. The van der Waals surface area contributed by atoms with Crippen LogP contribution in [0.2, 0.25) is 0 Å². The molecule has 2 heterocycles. The number of nitrogens with one attached hydrogen (secondary N) is 1. The molecule has 3 rings (SSSR count). The summed E-state index contributed by atoms with van der Waals surface area (Å²) < 4.78 is 5.64. The van der Waals surface area contributed by atoms with Crippen LogP contribution in [0.5, 0.6) is 0 Å². The quantitative estimate of drug-likeness (QED) is 0.508. The van der Waals surface area contributed by atoms with E-state index in [1.54, 1.807) is 18.2 Å². The fourth-order valence-corrected chi connectivity index (χ4v) is 4.06. The van der Waals surface area contributed by atoms with E-state index in [2.05, 4.69) is 5.32 Å². The number of hydrogen-bond donors (Lipinski definition) is 2. The van der Waals surface area contributed by atoms with Gasteiger partial charge in [-0.3, -0.25) is 14.5 Å². The first-order chi connectivity index (χ1) is 13.6. The molecule has 0 spiro atoms. The lowest BCUT2D eigenvalue weighted by Gasteiger charge is -2.18. The number of aliphatic hydroxyl groups excluding tert-OH is 1. The van der Waals surface area contributed by atoms with Crippen molar-refractivity contribution in [3.8, 4) is 0 Å². The van der Waals surface area contributed by atoms with Crippen LogP contribution < -0.4 is 5.32 Å². The minimum absolute atomic E-state index is 0.103. The van der Waals surface area contributed by atoms with Gasteiger partial charge in [0.05, 0.1) is 23.8 Å². The summed E-state index contributed by atoms with van der Waals surface area (Å²) in [6.07, 6.45) is 3.81. The first-order valence-corrected chi connectivity index (χ1v) is 10.0. The van der Waals surface area contributed by atoms with Crippen LogP contribution in [0.1, 0.15) is 17.7 Å². The van der Waals surface area contributed by atoms with Crippen molar-refractivity contribution < 1.29 is 19.1 Å². The molecule has 0 radical (unpaired) electrons. The summed E-state index contributed by atoms with van der Waals surface area (Å²) in [4.78, 5) is 26.7. The molecule has 1 atom stereocenters. The minimum Gasteiger partial charge on any atom is -0.465 e. The van der Waals surface area contributed by atoms with E-state index >= 15 is 0 Å². The highest BCUT2D eigenvalue weighted by molar-refractivity contribution is 8.26. The third-order valence-corrected chi connectivity index (χ3v) is 5.54. The number of amides is 2. The molecular weight excluding hydrogens is 396 g/mol. The first kappa shape index (κ1) is 20.3. The molecule has 1 aliphatic heterocycles. The van der Waals surface area contributed by atoms with Crippen LogP contribution in [-0.2, 0) is 16.0 Å². The molecule has 1 aromatic heterocycles. The fourth-order valence-electron chi connectivity index (χ4n) is 2.77. The summed E-state index contributed by atoms with van der Waals surface area (Å²) in [5.41, 5.74) is 1.03. The van der Waals surface area contributed by atoms with Gasteiger partial charge in [0.2, 0.25) is 5.91 Å². The van der Waals surface area contributed by atoms with Gasteiger partial charge in [-0.1, -0.05) is 54.3 Å². The Kier molecular flexibility index (Phi) is 7.02. The Labute approximate surface area is 172 Å². The highest BCUT2D eigenvalue weighted by atomic mass is 32.2. The molecule has 2 N–H and O–H groups in total. The minimum atomic E-state index is -0.375. The Morgan fingerprint density at radius 2 is 2.07 bits per heavy atom. The fraction of sp³-hybridized carbons (Fsp3) is 0.250. The zero-order chi connectivity index (χ0) is 19.9. The van der Waals surface area contributed by atoms with Gasteiger partial charge in [-0.25, -0.2) is 0 Å². The lowest BCUT2D eigenvalue weighted by atomic mass is 10.1. The van der Waals surface area contributed by atoms with Crippen LogP contribution in [-0.4, -0.2) is 45.3 Å². The number of benzene rings is 1. The van der Waals surface area contributed by atoms with Crippen LogP contribution in [0, 0.1) is 0 Å². The lowest BCUT2D eigenvalue weighted by molar-refractivity contribution is -0.124. The van der Waals surface area contributed by atoms with Gasteiger partial charge in [-0.05, 0) is 24.1 Å². The topological polar surface area (TPSA) is 82.8 Å². The van der Waals surface area contributed by atoms with Crippen molar-refractivity contribution in [2.45, 2.75) is 18.9 Å². The number of furan rings is 1. The van der Waals surface area contributed by atoms with Crippen LogP contribution >= 0.6 is 24.0 Å². The van der Waals surface area contributed by atoms with Gasteiger partial charge in [0, 0.05) is 19.0 Å². The number of carbonyl (C=O) groups is 2. The Balaban J connectivity index is 1.52. The SMILES string of the molecule is O=C(CCN1C(=O)/C(=C\c2ccco2)SC1=S)N[C@H](CO)Cc1ccccc1. The molecule has 2 aromatic rings. The van der Waals surface area contributed by atoms with E-state index in [0.29, 0.717) is 21.4 Å². The van der Waals surface area contributed by atoms with Gasteiger partial charge in [0.15, 0.2) is 0 Å². The van der Waals surface area contributed by atoms with E-state index in [1.165, 1.54) is 22.9 Å². The van der Waals surface area contributed by atoms with Crippen molar-refractivity contribution >= 4 is 46.2 Å². The third kappa shape index (κ3) is 5.31. The monoisotopic (exact) mass is 416 g/mol. The van der Waals surface area contributed by atoms with Gasteiger partial charge < -0.3 is 14.8 Å². The Hall–Kier alpha value is -2.42. The standard InChI is InChI=1S/C20H20N2O4S2/c23-13-15(11-14-5-2-1-3-6-14)21-18(24)8-9-22-19(25)17(28-20(22)27)12-16-7-4-10-26-16/h1-7,10,12,15,23H,8-9,11,13H2,(H,21,24)/b17-12+/t15-/m0/s1. The number of carbonyl (C=O) groups excluding carboxylic acids is 2. The zero-order valence-corrected chi connectivity index (χ0v) is 16.7. The molecule has 146 valence electrons. The molecule has 0 saturated carbocycles. The first-order valence-electron chi connectivity index (χ1n) is 8.80. The Bertz CT molecular complexity index is 866. The lowest BCUT2D eigenvalue weighted by Crippen LogP contribution is -2.41. The molecule has 1 aliphatic rings. The Morgan fingerprint density at radius 1 is 1.29 bits per heavy atom. The second-order valence-electron chi connectivity index (χ2n) is 6.24. The number of thiocarbonyl (C=S) groups is 1. The highest BCUT2D eigenvalue weighted by Crippen LogP contribution is 2.32. The Morgan fingerprint density at radius 3 is 2.75 bits per heavy atom.